The van der Waals surface area contributed by atoms with Gasteiger partial charge in [0.15, 0.2) is 11.4 Å². The zero-order valence-corrected chi connectivity index (χ0v) is 14.9. The lowest BCUT2D eigenvalue weighted by Gasteiger charge is -2.08. The van der Waals surface area contributed by atoms with E-state index in [-0.39, 0.29) is 28.9 Å². The molecule has 2 aromatic carbocycles. The fourth-order valence-corrected chi connectivity index (χ4v) is 2.64. The van der Waals surface area contributed by atoms with E-state index in [0.717, 1.165) is 0 Å². The van der Waals surface area contributed by atoms with Gasteiger partial charge in [-0.2, -0.15) is 4.98 Å². The molecule has 4 aromatic rings. The quantitative estimate of drug-likeness (QED) is 0.536. The minimum Gasteiger partial charge on any atom is -0.505 e. The van der Waals surface area contributed by atoms with Crippen molar-refractivity contribution in [3.8, 4) is 17.4 Å². The summed E-state index contributed by atoms with van der Waals surface area (Å²) in [6, 6.07) is 11.8. The number of hydrogen-bond acceptors (Lipinski definition) is 5. The lowest BCUT2D eigenvalue weighted by molar-refractivity contribution is 0.101. The van der Waals surface area contributed by atoms with Crippen LogP contribution >= 0.6 is 11.6 Å². The zero-order valence-electron chi connectivity index (χ0n) is 14.1. The van der Waals surface area contributed by atoms with E-state index < -0.39 is 11.7 Å². The molecule has 0 saturated carbocycles. The van der Waals surface area contributed by atoms with E-state index in [2.05, 4.69) is 15.3 Å². The van der Waals surface area contributed by atoms with Crippen LogP contribution in [0.2, 0.25) is 5.02 Å². The molecular weight excluding hydrogens is 387 g/mol. The zero-order chi connectivity index (χ0) is 19.7. The molecule has 9 heteroatoms. The van der Waals surface area contributed by atoms with Crippen LogP contribution in [0.4, 0.5) is 10.1 Å². The molecule has 2 N–H and O–H groups in total. The number of amides is 1. The van der Waals surface area contributed by atoms with Crippen LogP contribution in [0.3, 0.4) is 0 Å². The van der Waals surface area contributed by atoms with E-state index in [4.69, 9.17) is 16.3 Å². The van der Waals surface area contributed by atoms with Gasteiger partial charge in [0.2, 0.25) is 5.78 Å². The Hall–Kier alpha value is -3.65. The maximum Gasteiger partial charge on any atom is 0.278 e. The van der Waals surface area contributed by atoms with Crippen LogP contribution in [0.5, 0.6) is 17.4 Å². The number of benzene rings is 2. The number of anilines is 1. The van der Waals surface area contributed by atoms with Gasteiger partial charge in [0.05, 0.1) is 12.4 Å². The highest BCUT2D eigenvalue weighted by atomic mass is 35.5. The first-order valence-corrected chi connectivity index (χ1v) is 8.45. The molecule has 2 aromatic heterocycles. The van der Waals surface area contributed by atoms with Crippen LogP contribution in [0.25, 0.3) is 5.78 Å². The third kappa shape index (κ3) is 3.58. The SMILES string of the molecule is O=C(Nc1ccc(Cl)cc1)c1c(Oc2ccc(F)cc2)nc2ncc(O)cn12. The van der Waals surface area contributed by atoms with Crippen LogP contribution in [0, 0.1) is 5.82 Å². The second-order valence-electron chi connectivity index (χ2n) is 5.76. The van der Waals surface area contributed by atoms with Gasteiger partial charge in [0.1, 0.15) is 11.6 Å². The average Bonchev–Trinajstić information content (AvgIpc) is 3.02. The Balaban J connectivity index is 1.75. The van der Waals surface area contributed by atoms with E-state index in [1.807, 2.05) is 0 Å². The summed E-state index contributed by atoms with van der Waals surface area (Å²) in [6.07, 6.45) is 2.49. The van der Waals surface area contributed by atoms with Crippen LogP contribution in [-0.2, 0) is 0 Å². The van der Waals surface area contributed by atoms with Gasteiger partial charge < -0.3 is 15.2 Å². The number of nitrogens with one attached hydrogen (secondary N) is 1. The number of aromatic hydroxyl groups is 1. The number of aromatic nitrogens is 3. The standard InChI is InChI=1S/C19H12ClFN4O3/c20-11-1-5-13(6-2-11)23-17(27)16-18(28-15-7-3-12(21)4-8-15)24-19-22-9-14(26)10-25(16)19/h1-10,26H,(H,23,27). The van der Waals surface area contributed by atoms with Crippen molar-refractivity contribution < 1.29 is 19.0 Å². The number of rotatable bonds is 4. The summed E-state index contributed by atoms with van der Waals surface area (Å²) < 4.78 is 20.1. The van der Waals surface area contributed by atoms with Gasteiger partial charge in [-0.25, -0.2) is 9.37 Å². The Morgan fingerprint density at radius 3 is 2.57 bits per heavy atom. The van der Waals surface area contributed by atoms with E-state index in [9.17, 15) is 14.3 Å². The maximum absolute atomic E-state index is 13.1. The van der Waals surface area contributed by atoms with Gasteiger partial charge in [0.25, 0.3) is 11.8 Å². The number of ether oxygens (including phenoxy) is 1. The fraction of sp³-hybridized carbons (Fsp3) is 0. The molecule has 0 atom stereocenters. The van der Waals surface area contributed by atoms with Gasteiger partial charge in [-0.15, -0.1) is 0 Å². The first-order chi connectivity index (χ1) is 13.5. The number of hydrogen-bond donors (Lipinski definition) is 2. The van der Waals surface area contributed by atoms with Gasteiger partial charge in [-0.1, -0.05) is 11.6 Å². The smallest absolute Gasteiger partial charge is 0.278 e. The third-order valence-electron chi connectivity index (χ3n) is 3.78. The Bertz CT molecular complexity index is 1160. The van der Waals surface area contributed by atoms with E-state index in [1.165, 1.54) is 41.1 Å². The van der Waals surface area contributed by atoms with Crippen molar-refractivity contribution in [2.45, 2.75) is 0 Å². The van der Waals surface area contributed by atoms with Gasteiger partial charge in [-0.05, 0) is 48.5 Å². The van der Waals surface area contributed by atoms with Crippen molar-refractivity contribution >= 4 is 29.0 Å². The predicted octanol–water partition coefficient (Wildman–Crippen LogP) is 4.27. The number of fused-ring (bicyclic) bond motifs is 1. The lowest BCUT2D eigenvalue weighted by Crippen LogP contribution is -2.15. The molecule has 0 aliphatic heterocycles. The molecule has 0 saturated heterocycles. The normalized spacial score (nSPS) is 10.8. The Morgan fingerprint density at radius 2 is 1.86 bits per heavy atom. The maximum atomic E-state index is 13.1. The Kier molecular flexibility index (Phi) is 4.54. The monoisotopic (exact) mass is 398 g/mol. The largest absolute Gasteiger partial charge is 0.505 e. The highest BCUT2D eigenvalue weighted by Gasteiger charge is 2.23. The summed E-state index contributed by atoms with van der Waals surface area (Å²) in [5, 5.41) is 13.0. The van der Waals surface area contributed by atoms with Crippen molar-refractivity contribution in [2.24, 2.45) is 0 Å². The minimum atomic E-state index is -0.542. The van der Waals surface area contributed by atoms with Gasteiger partial charge in [-0.3, -0.25) is 9.20 Å². The van der Waals surface area contributed by atoms with Crippen molar-refractivity contribution in [1.82, 2.24) is 14.4 Å². The minimum absolute atomic E-state index is 0.0117. The number of imidazole rings is 1. The summed E-state index contributed by atoms with van der Waals surface area (Å²) in [4.78, 5) is 21.1. The molecule has 2 heterocycles. The van der Waals surface area contributed by atoms with Crippen molar-refractivity contribution in [1.29, 1.82) is 0 Å². The second kappa shape index (κ2) is 7.16. The molecule has 1 amide bonds. The molecule has 140 valence electrons. The molecule has 0 fully saturated rings. The fourth-order valence-electron chi connectivity index (χ4n) is 2.52. The van der Waals surface area contributed by atoms with Crippen molar-refractivity contribution in [3.05, 3.63) is 77.5 Å². The van der Waals surface area contributed by atoms with E-state index in [0.29, 0.717) is 10.7 Å². The molecule has 28 heavy (non-hydrogen) atoms. The van der Waals surface area contributed by atoms with Crippen LogP contribution in [-0.4, -0.2) is 25.4 Å². The summed E-state index contributed by atoms with van der Waals surface area (Å²) in [5.74, 6) is -0.727. The topological polar surface area (TPSA) is 88.8 Å². The number of nitrogens with zero attached hydrogens (tertiary/aromatic N) is 3. The van der Waals surface area contributed by atoms with Gasteiger partial charge >= 0.3 is 0 Å². The molecule has 0 spiro atoms. The second-order valence-corrected chi connectivity index (χ2v) is 6.20. The molecule has 0 unspecified atom stereocenters. The van der Waals surface area contributed by atoms with Crippen LogP contribution < -0.4 is 10.1 Å². The molecule has 0 bridgehead atoms. The highest BCUT2D eigenvalue weighted by molar-refractivity contribution is 6.30. The number of carbonyl (C=O) groups excluding carboxylic acids is 1. The molecule has 7 nitrogen and oxygen atoms in total. The van der Waals surface area contributed by atoms with Crippen molar-refractivity contribution in [2.75, 3.05) is 5.32 Å². The Labute approximate surface area is 163 Å². The average molecular weight is 399 g/mol. The molecule has 0 radical (unpaired) electrons. The van der Waals surface area contributed by atoms with E-state index >= 15 is 0 Å². The summed E-state index contributed by atoms with van der Waals surface area (Å²) in [6.45, 7) is 0. The number of halogens is 2. The predicted molar refractivity (Wildman–Crippen MR) is 101 cm³/mol. The van der Waals surface area contributed by atoms with Crippen molar-refractivity contribution in [3.63, 3.8) is 0 Å². The summed E-state index contributed by atoms with van der Waals surface area (Å²) in [5.41, 5.74) is 0.517. The summed E-state index contributed by atoms with van der Waals surface area (Å²) >= 11 is 5.86. The first kappa shape index (κ1) is 17.7. The molecule has 0 aliphatic rings. The van der Waals surface area contributed by atoms with Gasteiger partial charge in [0, 0.05) is 10.7 Å². The molecular formula is C19H12ClFN4O3. The van der Waals surface area contributed by atoms with Crippen LogP contribution in [0.1, 0.15) is 10.5 Å². The highest BCUT2D eigenvalue weighted by Crippen LogP contribution is 2.27. The van der Waals surface area contributed by atoms with Crippen LogP contribution in [0.15, 0.2) is 60.9 Å². The third-order valence-corrected chi connectivity index (χ3v) is 4.03. The number of carbonyl (C=O) groups is 1. The van der Waals surface area contributed by atoms with E-state index in [1.54, 1.807) is 24.3 Å². The first-order valence-electron chi connectivity index (χ1n) is 8.07. The molecule has 4 rings (SSSR count). The molecule has 0 aliphatic carbocycles. The summed E-state index contributed by atoms with van der Waals surface area (Å²) in [7, 11) is 0. The Morgan fingerprint density at radius 1 is 1.14 bits per heavy atom. The lowest BCUT2D eigenvalue weighted by atomic mass is 10.3.